The van der Waals surface area contributed by atoms with Gasteiger partial charge in [0.1, 0.15) is 5.54 Å². The number of carboxylic acid groups (broad SMARTS) is 1. The summed E-state index contributed by atoms with van der Waals surface area (Å²) in [6, 6.07) is 4.52. The van der Waals surface area contributed by atoms with Gasteiger partial charge in [-0.25, -0.2) is 0 Å². The van der Waals surface area contributed by atoms with Gasteiger partial charge in [0.25, 0.3) is 0 Å². The van der Waals surface area contributed by atoms with Crippen LogP contribution in [0.3, 0.4) is 0 Å². The summed E-state index contributed by atoms with van der Waals surface area (Å²) in [6.07, 6.45) is 0.920. The molecule has 0 fully saturated rings. The van der Waals surface area contributed by atoms with E-state index < -0.39 is 16.4 Å². The van der Waals surface area contributed by atoms with Gasteiger partial charge in [0.15, 0.2) is 0 Å². The van der Waals surface area contributed by atoms with E-state index in [1.54, 1.807) is 19.1 Å². The number of ether oxygens (including phenoxy) is 1. The van der Waals surface area contributed by atoms with E-state index in [4.69, 9.17) is 15.6 Å². The zero-order chi connectivity index (χ0) is 16.0. The summed E-state index contributed by atoms with van der Waals surface area (Å²) in [5, 5.41) is 20.0. The number of nitrogens with two attached hydrogens (primary N) is 1. The Kier molecular flexibility index (Phi) is 6.10. The molecule has 1 aromatic carbocycles. The van der Waals surface area contributed by atoms with Gasteiger partial charge in [-0.3, -0.25) is 14.9 Å². The summed E-state index contributed by atoms with van der Waals surface area (Å²) in [6.45, 7) is 1.85. The maximum Gasteiger partial charge on any atom is 0.323 e. The lowest BCUT2D eigenvalue weighted by molar-refractivity contribution is -0.386. The molecule has 0 aliphatic rings. The van der Waals surface area contributed by atoms with Crippen LogP contribution in [0.15, 0.2) is 22.7 Å². The number of nitro groups is 1. The number of rotatable bonds is 8. The number of hydrogen-bond acceptors (Lipinski definition) is 5. The minimum Gasteiger partial charge on any atom is -0.486 e. The number of aliphatic carboxylic acids is 1. The quantitative estimate of drug-likeness (QED) is 0.418. The lowest BCUT2D eigenvalue weighted by Gasteiger charge is -2.22. The molecular weight excluding hydrogens is 344 g/mol. The molecule has 0 saturated heterocycles. The van der Waals surface area contributed by atoms with Crippen LogP contribution in [0.2, 0.25) is 0 Å². The zero-order valence-electron chi connectivity index (χ0n) is 11.5. The van der Waals surface area contributed by atoms with E-state index >= 15 is 0 Å². The second kappa shape index (κ2) is 7.37. The second-order valence-corrected chi connectivity index (χ2v) is 5.47. The average Bonchev–Trinajstić information content (AvgIpc) is 2.43. The monoisotopic (exact) mass is 360 g/mol. The van der Waals surface area contributed by atoms with Crippen molar-refractivity contribution >= 4 is 27.6 Å². The highest BCUT2D eigenvalue weighted by atomic mass is 79.9. The average molecular weight is 361 g/mol. The number of benzene rings is 1. The van der Waals surface area contributed by atoms with Crippen LogP contribution >= 0.6 is 15.9 Å². The first-order chi connectivity index (χ1) is 9.81. The SMILES string of the molecule is CCC(N)(CCCOc1c(Br)cccc1[N+](=O)[O-])C(=O)O. The van der Waals surface area contributed by atoms with E-state index in [0.717, 1.165) is 0 Å². The molecule has 3 N–H and O–H groups in total. The van der Waals surface area contributed by atoms with E-state index in [-0.39, 0.29) is 24.5 Å². The summed E-state index contributed by atoms with van der Waals surface area (Å²) in [5.41, 5.74) is 4.32. The zero-order valence-corrected chi connectivity index (χ0v) is 13.1. The third-order valence-electron chi connectivity index (χ3n) is 3.21. The minimum atomic E-state index is -1.29. The first kappa shape index (κ1) is 17.4. The molecule has 8 heteroatoms. The first-order valence-corrected chi connectivity index (χ1v) is 7.19. The summed E-state index contributed by atoms with van der Waals surface area (Å²) in [5.74, 6) is -0.922. The van der Waals surface area contributed by atoms with Gasteiger partial charge in [-0.15, -0.1) is 0 Å². The number of carboxylic acids is 1. The molecule has 116 valence electrons. The highest BCUT2D eigenvalue weighted by molar-refractivity contribution is 9.10. The Morgan fingerprint density at radius 2 is 2.24 bits per heavy atom. The van der Waals surface area contributed by atoms with E-state index in [2.05, 4.69) is 15.9 Å². The number of halogens is 1. The van der Waals surface area contributed by atoms with E-state index in [1.807, 2.05) is 0 Å². The van der Waals surface area contributed by atoms with Gasteiger partial charge >= 0.3 is 11.7 Å². The fourth-order valence-electron chi connectivity index (χ4n) is 1.78. The van der Waals surface area contributed by atoms with Gasteiger partial charge in [-0.2, -0.15) is 0 Å². The van der Waals surface area contributed by atoms with Gasteiger partial charge in [-0.05, 0) is 41.3 Å². The number of nitrogens with zero attached hydrogens (tertiary/aromatic N) is 1. The molecule has 7 nitrogen and oxygen atoms in total. The molecular formula is C13H17BrN2O5. The molecule has 0 heterocycles. The van der Waals surface area contributed by atoms with Gasteiger partial charge in [0, 0.05) is 6.07 Å². The predicted octanol–water partition coefficient (Wildman–Crippen LogP) is 2.71. The Morgan fingerprint density at radius 3 is 2.76 bits per heavy atom. The second-order valence-electron chi connectivity index (χ2n) is 4.61. The van der Waals surface area contributed by atoms with Gasteiger partial charge in [0.05, 0.1) is 16.0 Å². The van der Waals surface area contributed by atoms with E-state index in [0.29, 0.717) is 17.3 Å². The van der Waals surface area contributed by atoms with Crippen molar-refractivity contribution in [2.45, 2.75) is 31.7 Å². The van der Waals surface area contributed by atoms with Crippen molar-refractivity contribution in [2.24, 2.45) is 5.73 Å². The largest absolute Gasteiger partial charge is 0.486 e. The molecule has 0 radical (unpaired) electrons. The number of carbonyl (C=O) groups is 1. The summed E-state index contributed by atoms with van der Waals surface area (Å²) < 4.78 is 5.89. The van der Waals surface area contributed by atoms with E-state index in [1.165, 1.54) is 6.07 Å². The van der Waals surface area contributed by atoms with Crippen LogP contribution in [0.5, 0.6) is 5.75 Å². The third kappa shape index (κ3) is 4.40. The molecule has 0 aromatic heterocycles. The standard InChI is InChI=1S/C13H17BrN2O5/c1-2-13(15,12(17)18)7-4-8-21-11-9(14)5-3-6-10(11)16(19)20/h3,5-6H,2,4,7-8,15H2,1H3,(H,17,18). The Morgan fingerprint density at radius 1 is 1.57 bits per heavy atom. The van der Waals surface area contributed by atoms with Crippen LogP contribution in [0.25, 0.3) is 0 Å². The Hall–Kier alpha value is -1.67. The summed E-state index contributed by atoms with van der Waals surface area (Å²) in [4.78, 5) is 21.4. The fraction of sp³-hybridized carbons (Fsp3) is 0.462. The van der Waals surface area contributed by atoms with Crippen LogP contribution in [0.1, 0.15) is 26.2 Å². The van der Waals surface area contributed by atoms with Gasteiger partial charge < -0.3 is 15.6 Å². The molecule has 1 unspecified atom stereocenters. The molecule has 0 amide bonds. The lowest BCUT2D eigenvalue weighted by atomic mass is 9.92. The molecule has 1 atom stereocenters. The Bertz CT molecular complexity index is 537. The van der Waals surface area contributed by atoms with Crippen molar-refractivity contribution in [3.05, 3.63) is 32.8 Å². The Labute approximate surface area is 130 Å². The topological polar surface area (TPSA) is 116 Å². The van der Waals surface area contributed by atoms with Crippen LogP contribution < -0.4 is 10.5 Å². The third-order valence-corrected chi connectivity index (χ3v) is 3.84. The highest BCUT2D eigenvalue weighted by Crippen LogP contribution is 2.34. The number of para-hydroxylation sites is 1. The number of hydrogen-bond donors (Lipinski definition) is 2. The van der Waals surface area contributed by atoms with Crippen molar-refractivity contribution in [2.75, 3.05) is 6.61 Å². The van der Waals surface area contributed by atoms with E-state index in [9.17, 15) is 14.9 Å². The summed E-state index contributed by atoms with van der Waals surface area (Å²) in [7, 11) is 0. The van der Waals surface area contributed by atoms with Crippen LogP contribution in [0.4, 0.5) is 5.69 Å². The summed E-state index contributed by atoms with van der Waals surface area (Å²) >= 11 is 3.20. The van der Waals surface area contributed by atoms with Crippen LogP contribution in [-0.2, 0) is 4.79 Å². The molecule has 1 rings (SSSR count). The Balaban J connectivity index is 2.65. The van der Waals surface area contributed by atoms with Crippen molar-refractivity contribution in [3.8, 4) is 5.75 Å². The minimum absolute atomic E-state index is 0.136. The van der Waals surface area contributed by atoms with Crippen molar-refractivity contribution in [3.63, 3.8) is 0 Å². The predicted molar refractivity (Wildman–Crippen MR) is 80.4 cm³/mol. The van der Waals surface area contributed by atoms with Crippen LogP contribution in [-0.4, -0.2) is 28.1 Å². The lowest BCUT2D eigenvalue weighted by Crippen LogP contribution is -2.47. The molecule has 21 heavy (non-hydrogen) atoms. The van der Waals surface area contributed by atoms with Crippen molar-refractivity contribution in [1.29, 1.82) is 0 Å². The first-order valence-electron chi connectivity index (χ1n) is 6.40. The smallest absolute Gasteiger partial charge is 0.323 e. The molecule has 0 spiro atoms. The highest BCUT2D eigenvalue weighted by Gasteiger charge is 2.31. The van der Waals surface area contributed by atoms with Crippen LogP contribution in [0, 0.1) is 10.1 Å². The normalized spacial score (nSPS) is 13.5. The molecule has 1 aromatic rings. The maximum absolute atomic E-state index is 11.1. The number of nitro benzene ring substituents is 1. The molecule has 0 saturated carbocycles. The van der Waals surface area contributed by atoms with Gasteiger partial charge in [-0.1, -0.05) is 13.0 Å². The fourth-order valence-corrected chi connectivity index (χ4v) is 2.25. The molecule has 0 aliphatic carbocycles. The maximum atomic E-state index is 11.1. The molecule has 0 aliphatic heterocycles. The van der Waals surface area contributed by atoms with Crippen molar-refractivity contribution < 1.29 is 19.6 Å². The van der Waals surface area contributed by atoms with Crippen molar-refractivity contribution in [1.82, 2.24) is 0 Å². The molecule has 0 bridgehead atoms. The van der Waals surface area contributed by atoms with Gasteiger partial charge in [0.2, 0.25) is 5.75 Å².